The maximum Gasteiger partial charge on any atom is 0.270 e. The smallest absolute Gasteiger partial charge is 0.270 e. The van der Waals surface area contributed by atoms with Crippen LogP contribution in [0, 0.1) is 10.1 Å². The molecule has 1 amide bonds. The van der Waals surface area contributed by atoms with Crippen LogP contribution in [0.2, 0.25) is 5.02 Å². The summed E-state index contributed by atoms with van der Waals surface area (Å²) in [7, 11) is 0. The van der Waals surface area contributed by atoms with E-state index in [4.69, 9.17) is 16.0 Å². The molecule has 2 heterocycles. The number of non-ortho nitro benzene ring substituents is 1. The van der Waals surface area contributed by atoms with E-state index < -0.39 is 4.92 Å². The summed E-state index contributed by atoms with van der Waals surface area (Å²) in [6.45, 7) is 0. The largest absolute Gasteiger partial charge is 0.457 e. The zero-order valence-corrected chi connectivity index (χ0v) is 16.2. The SMILES string of the molecule is O=C1NC(=Nc2ccccc2)S/C1=C/c1ccc(-c2cc([N+](=O)[O-])ccc2Cl)o1. The number of benzene rings is 2. The molecule has 1 aromatic heterocycles. The Kier molecular flexibility index (Phi) is 5.20. The zero-order chi connectivity index (χ0) is 20.4. The van der Waals surface area contributed by atoms with Gasteiger partial charge in [-0.05, 0) is 42.1 Å². The number of nitrogens with one attached hydrogen (secondary N) is 1. The van der Waals surface area contributed by atoms with Crippen LogP contribution in [0.3, 0.4) is 0 Å². The molecule has 4 rings (SSSR count). The second-order valence-corrected chi connectivity index (χ2v) is 7.38. The molecule has 2 aromatic carbocycles. The van der Waals surface area contributed by atoms with Gasteiger partial charge < -0.3 is 9.73 Å². The standard InChI is InChI=1S/C20H12ClN3O4S/c21-16-8-6-13(24(26)27)10-15(16)17-9-7-14(28-17)11-18-19(25)23-20(29-18)22-12-4-2-1-3-5-12/h1-11H,(H,22,23,25)/b18-11+. The summed E-state index contributed by atoms with van der Waals surface area (Å²) in [6, 6.07) is 16.7. The average molecular weight is 426 g/mol. The predicted molar refractivity (Wildman–Crippen MR) is 113 cm³/mol. The lowest BCUT2D eigenvalue weighted by molar-refractivity contribution is -0.384. The third kappa shape index (κ3) is 4.23. The van der Waals surface area contributed by atoms with Crippen molar-refractivity contribution in [2.75, 3.05) is 0 Å². The van der Waals surface area contributed by atoms with Crippen LogP contribution in [-0.2, 0) is 4.79 Å². The second kappa shape index (κ2) is 7.94. The molecule has 0 unspecified atom stereocenters. The fourth-order valence-corrected chi connectivity index (χ4v) is 3.65. The average Bonchev–Trinajstić information content (AvgIpc) is 3.30. The molecule has 0 radical (unpaired) electrons. The highest BCUT2D eigenvalue weighted by Crippen LogP contribution is 2.34. The van der Waals surface area contributed by atoms with Crippen LogP contribution < -0.4 is 5.32 Å². The molecule has 29 heavy (non-hydrogen) atoms. The molecule has 0 aliphatic carbocycles. The van der Waals surface area contributed by atoms with Gasteiger partial charge in [0.2, 0.25) is 0 Å². The Morgan fingerprint density at radius 1 is 1.14 bits per heavy atom. The summed E-state index contributed by atoms with van der Waals surface area (Å²) in [6.07, 6.45) is 1.59. The van der Waals surface area contributed by atoms with Crippen molar-refractivity contribution < 1.29 is 14.1 Å². The van der Waals surface area contributed by atoms with Crippen LogP contribution in [0.1, 0.15) is 5.76 Å². The van der Waals surface area contributed by atoms with Gasteiger partial charge in [0.1, 0.15) is 11.5 Å². The quantitative estimate of drug-likeness (QED) is 0.343. The molecular weight excluding hydrogens is 414 g/mol. The van der Waals surface area contributed by atoms with Gasteiger partial charge in [-0.1, -0.05) is 29.8 Å². The van der Waals surface area contributed by atoms with Crippen molar-refractivity contribution >= 4 is 51.9 Å². The van der Waals surface area contributed by atoms with E-state index in [-0.39, 0.29) is 11.6 Å². The Hall–Kier alpha value is -3.36. The van der Waals surface area contributed by atoms with Gasteiger partial charge in [-0.3, -0.25) is 14.9 Å². The fraction of sp³-hybridized carbons (Fsp3) is 0. The molecule has 1 N–H and O–H groups in total. The molecule has 1 saturated heterocycles. The van der Waals surface area contributed by atoms with Crippen LogP contribution in [0.5, 0.6) is 0 Å². The molecule has 1 aliphatic heterocycles. The molecule has 1 aliphatic rings. The van der Waals surface area contributed by atoms with E-state index in [0.29, 0.717) is 32.2 Å². The van der Waals surface area contributed by atoms with Gasteiger partial charge in [-0.2, -0.15) is 0 Å². The van der Waals surface area contributed by atoms with E-state index >= 15 is 0 Å². The van der Waals surface area contributed by atoms with E-state index in [2.05, 4.69) is 10.3 Å². The van der Waals surface area contributed by atoms with Crippen molar-refractivity contribution in [1.29, 1.82) is 0 Å². The lowest BCUT2D eigenvalue weighted by Crippen LogP contribution is -2.19. The molecule has 9 heteroatoms. The highest BCUT2D eigenvalue weighted by molar-refractivity contribution is 8.18. The first kappa shape index (κ1) is 19.0. The minimum absolute atomic E-state index is 0.0896. The highest BCUT2D eigenvalue weighted by atomic mass is 35.5. The van der Waals surface area contributed by atoms with Crippen LogP contribution >= 0.6 is 23.4 Å². The summed E-state index contributed by atoms with van der Waals surface area (Å²) in [4.78, 5) is 27.5. The monoisotopic (exact) mass is 425 g/mol. The first-order valence-corrected chi connectivity index (χ1v) is 9.58. The van der Waals surface area contributed by atoms with E-state index in [1.54, 1.807) is 18.2 Å². The number of thioether (sulfide) groups is 1. The number of hydrogen-bond acceptors (Lipinski definition) is 6. The summed E-state index contributed by atoms with van der Waals surface area (Å²) in [5.74, 6) is 0.504. The number of para-hydroxylation sites is 1. The van der Waals surface area contributed by atoms with Crippen molar-refractivity contribution in [2.45, 2.75) is 0 Å². The van der Waals surface area contributed by atoms with Crippen LogP contribution in [0.25, 0.3) is 17.4 Å². The zero-order valence-electron chi connectivity index (χ0n) is 14.7. The van der Waals surface area contributed by atoms with Crippen molar-refractivity contribution in [2.24, 2.45) is 4.99 Å². The number of amidine groups is 1. The van der Waals surface area contributed by atoms with Crippen LogP contribution in [0.4, 0.5) is 11.4 Å². The summed E-state index contributed by atoms with van der Waals surface area (Å²) in [5.41, 5.74) is 1.05. The topological polar surface area (TPSA) is 97.7 Å². The Bertz CT molecular complexity index is 1170. The first-order valence-electron chi connectivity index (χ1n) is 8.38. The normalized spacial score (nSPS) is 16.4. The highest BCUT2D eigenvalue weighted by Gasteiger charge is 2.24. The maximum absolute atomic E-state index is 12.2. The third-order valence-electron chi connectivity index (χ3n) is 3.96. The Morgan fingerprint density at radius 3 is 2.69 bits per heavy atom. The van der Waals surface area contributed by atoms with Gasteiger partial charge in [-0.15, -0.1) is 0 Å². The Morgan fingerprint density at radius 2 is 1.93 bits per heavy atom. The van der Waals surface area contributed by atoms with Crippen molar-refractivity contribution in [3.05, 3.63) is 86.5 Å². The molecule has 3 aromatic rings. The molecule has 0 spiro atoms. The van der Waals surface area contributed by atoms with E-state index in [0.717, 1.165) is 5.69 Å². The number of halogens is 1. The summed E-state index contributed by atoms with van der Waals surface area (Å²) < 4.78 is 5.73. The lowest BCUT2D eigenvalue weighted by Gasteiger charge is -2.00. The number of nitrogens with zero attached hydrogens (tertiary/aromatic N) is 2. The van der Waals surface area contributed by atoms with Gasteiger partial charge in [0.05, 0.1) is 20.5 Å². The van der Waals surface area contributed by atoms with E-state index in [1.807, 2.05) is 30.3 Å². The van der Waals surface area contributed by atoms with Gasteiger partial charge in [0, 0.05) is 23.8 Å². The maximum atomic E-state index is 12.2. The molecule has 144 valence electrons. The number of aliphatic imine (C=N–C) groups is 1. The van der Waals surface area contributed by atoms with Gasteiger partial charge >= 0.3 is 0 Å². The number of nitro groups is 1. The van der Waals surface area contributed by atoms with Crippen molar-refractivity contribution in [1.82, 2.24) is 5.32 Å². The van der Waals surface area contributed by atoms with Crippen LogP contribution in [0.15, 0.2) is 75.0 Å². The van der Waals surface area contributed by atoms with Crippen molar-refractivity contribution in [3.8, 4) is 11.3 Å². The number of nitro benzene ring substituents is 1. The molecule has 1 fully saturated rings. The molecule has 0 saturated carbocycles. The summed E-state index contributed by atoms with van der Waals surface area (Å²) >= 11 is 7.35. The lowest BCUT2D eigenvalue weighted by atomic mass is 10.1. The van der Waals surface area contributed by atoms with Crippen LogP contribution in [-0.4, -0.2) is 16.0 Å². The third-order valence-corrected chi connectivity index (χ3v) is 5.20. The number of amides is 1. The molecular formula is C20H12ClN3O4S. The van der Waals surface area contributed by atoms with E-state index in [1.165, 1.54) is 30.0 Å². The summed E-state index contributed by atoms with van der Waals surface area (Å²) in [5, 5.41) is 14.5. The Labute approximate surface area is 174 Å². The molecule has 0 bridgehead atoms. The number of carbonyl (C=O) groups excluding carboxylic acids is 1. The van der Waals surface area contributed by atoms with E-state index in [9.17, 15) is 14.9 Å². The number of furan rings is 1. The second-order valence-electron chi connectivity index (χ2n) is 5.94. The molecule has 7 nitrogen and oxygen atoms in total. The van der Waals surface area contributed by atoms with Crippen molar-refractivity contribution in [3.63, 3.8) is 0 Å². The minimum atomic E-state index is -0.501. The number of carbonyl (C=O) groups is 1. The van der Waals surface area contributed by atoms with Gasteiger partial charge in [0.25, 0.3) is 11.6 Å². The number of rotatable bonds is 4. The molecule has 0 atom stereocenters. The van der Waals surface area contributed by atoms with Gasteiger partial charge in [0.15, 0.2) is 5.17 Å². The fourth-order valence-electron chi connectivity index (χ4n) is 2.62. The Balaban J connectivity index is 1.58. The number of hydrogen-bond donors (Lipinski definition) is 1. The first-order chi connectivity index (χ1) is 14.0. The van der Waals surface area contributed by atoms with Gasteiger partial charge in [-0.25, -0.2) is 4.99 Å². The predicted octanol–water partition coefficient (Wildman–Crippen LogP) is 5.40. The minimum Gasteiger partial charge on any atom is -0.457 e.